The van der Waals surface area contributed by atoms with Gasteiger partial charge in [0.1, 0.15) is 0 Å². The number of hydrogen-bond acceptors (Lipinski definition) is 2. The number of rotatable bonds is 7. The fraction of sp³-hybridized carbons (Fsp3) is 0.632. The molecule has 0 aliphatic carbocycles. The zero-order valence-corrected chi connectivity index (χ0v) is 14.9. The van der Waals surface area contributed by atoms with Gasteiger partial charge in [0.15, 0.2) is 5.96 Å². The predicted molar refractivity (Wildman–Crippen MR) is 98.7 cm³/mol. The van der Waals surface area contributed by atoms with Crippen LogP contribution in [0.15, 0.2) is 35.3 Å². The molecule has 128 valence electrons. The van der Waals surface area contributed by atoms with Crippen molar-refractivity contribution in [3.05, 3.63) is 35.9 Å². The number of benzene rings is 1. The maximum atomic E-state index is 4.72. The number of nitrogens with one attached hydrogen (secondary N) is 2. The van der Waals surface area contributed by atoms with Crippen molar-refractivity contribution in [3.63, 3.8) is 0 Å². The van der Waals surface area contributed by atoms with Crippen molar-refractivity contribution >= 4 is 5.96 Å². The van der Waals surface area contributed by atoms with Crippen LogP contribution in [-0.4, -0.2) is 43.1 Å². The van der Waals surface area contributed by atoms with Crippen molar-refractivity contribution in [2.45, 2.75) is 46.2 Å². The van der Waals surface area contributed by atoms with Gasteiger partial charge >= 0.3 is 0 Å². The molecule has 0 saturated carbocycles. The topological polar surface area (TPSA) is 39.7 Å². The minimum Gasteiger partial charge on any atom is -0.357 e. The standard InChI is InChI=1S/C19H32N4/c1-4-20-19(21-14-17-10-6-5-7-11-17)22-15-18(16(2)3)23-12-8-9-13-23/h5-7,10-11,16,18H,4,8-9,12-15H2,1-3H3,(H2,20,21,22). The van der Waals surface area contributed by atoms with Gasteiger partial charge in [-0.15, -0.1) is 0 Å². The molecular weight excluding hydrogens is 284 g/mol. The van der Waals surface area contributed by atoms with E-state index in [9.17, 15) is 0 Å². The average Bonchev–Trinajstić information content (AvgIpc) is 3.07. The molecule has 1 aliphatic heterocycles. The molecule has 4 nitrogen and oxygen atoms in total. The summed E-state index contributed by atoms with van der Waals surface area (Å²) in [5, 5.41) is 6.90. The van der Waals surface area contributed by atoms with E-state index >= 15 is 0 Å². The molecule has 1 aliphatic rings. The highest BCUT2D eigenvalue weighted by Crippen LogP contribution is 2.17. The Labute approximate surface area is 141 Å². The molecule has 1 aromatic carbocycles. The van der Waals surface area contributed by atoms with Crippen LogP contribution in [0.25, 0.3) is 0 Å². The van der Waals surface area contributed by atoms with Gasteiger partial charge in [-0.25, -0.2) is 4.99 Å². The Hall–Kier alpha value is -1.55. The van der Waals surface area contributed by atoms with Gasteiger partial charge in [-0.1, -0.05) is 44.2 Å². The summed E-state index contributed by atoms with van der Waals surface area (Å²) in [4.78, 5) is 7.34. The first-order valence-electron chi connectivity index (χ1n) is 9.01. The number of likely N-dealkylation sites (tertiary alicyclic amines) is 1. The number of guanidine groups is 1. The summed E-state index contributed by atoms with van der Waals surface area (Å²) in [5.41, 5.74) is 1.24. The van der Waals surface area contributed by atoms with E-state index in [1.165, 1.54) is 31.5 Å². The van der Waals surface area contributed by atoms with Crippen LogP contribution >= 0.6 is 0 Å². The highest BCUT2D eigenvalue weighted by atomic mass is 15.2. The van der Waals surface area contributed by atoms with E-state index in [0.29, 0.717) is 18.5 Å². The van der Waals surface area contributed by atoms with Gasteiger partial charge in [0.25, 0.3) is 0 Å². The van der Waals surface area contributed by atoms with Gasteiger partial charge in [-0.2, -0.15) is 0 Å². The van der Waals surface area contributed by atoms with Crippen LogP contribution in [0.5, 0.6) is 0 Å². The van der Waals surface area contributed by atoms with Crippen molar-refractivity contribution in [1.82, 2.24) is 15.5 Å². The Bertz CT molecular complexity index is 464. The van der Waals surface area contributed by atoms with Crippen molar-refractivity contribution < 1.29 is 0 Å². The van der Waals surface area contributed by atoms with E-state index in [4.69, 9.17) is 4.99 Å². The maximum absolute atomic E-state index is 4.72. The molecule has 2 N–H and O–H groups in total. The fourth-order valence-electron chi connectivity index (χ4n) is 3.16. The van der Waals surface area contributed by atoms with Crippen molar-refractivity contribution in [3.8, 4) is 0 Å². The van der Waals surface area contributed by atoms with Gasteiger partial charge in [0.05, 0.1) is 6.54 Å². The monoisotopic (exact) mass is 316 g/mol. The third-order valence-corrected chi connectivity index (χ3v) is 4.46. The Morgan fingerprint density at radius 3 is 2.43 bits per heavy atom. The summed E-state index contributed by atoms with van der Waals surface area (Å²) < 4.78 is 0. The minimum atomic E-state index is 0.582. The van der Waals surface area contributed by atoms with Gasteiger partial charge in [0, 0.05) is 19.1 Å². The minimum absolute atomic E-state index is 0.582. The number of nitrogens with zero attached hydrogens (tertiary/aromatic N) is 2. The molecule has 1 atom stereocenters. The molecule has 0 aromatic heterocycles. The first kappa shape index (κ1) is 17.8. The summed E-state index contributed by atoms with van der Waals surface area (Å²) in [6.07, 6.45) is 2.68. The fourth-order valence-corrected chi connectivity index (χ4v) is 3.16. The van der Waals surface area contributed by atoms with E-state index in [0.717, 1.165) is 19.0 Å². The second-order valence-corrected chi connectivity index (χ2v) is 6.62. The molecule has 1 unspecified atom stereocenters. The lowest BCUT2D eigenvalue weighted by Gasteiger charge is -2.31. The van der Waals surface area contributed by atoms with E-state index in [2.05, 4.69) is 60.6 Å². The zero-order chi connectivity index (χ0) is 16.5. The lowest BCUT2D eigenvalue weighted by atomic mass is 10.0. The second kappa shape index (κ2) is 9.56. The van der Waals surface area contributed by atoms with Gasteiger partial charge < -0.3 is 10.6 Å². The molecule has 2 rings (SSSR count). The second-order valence-electron chi connectivity index (χ2n) is 6.62. The van der Waals surface area contributed by atoms with Crippen molar-refractivity contribution in [2.24, 2.45) is 10.9 Å². The predicted octanol–water partition coefficient (Wildman–Crippen LogP) is 2.86. The van der Waals surface area contributed by atoms with Crippen LogP contribution in [0.2, 0.25) is 0 Å². The third-order valence-electron chi connectivity index (χ3n) is 4.46. The quantitative estimate of drug-likeness (QED) is 0.600. The summed E-state index contributed by atoms with van der Waals surface area (Å²) in [6, 6.07) is 11.0. The Morgan fingerprint density at radius 1 is 1.13 bits per heavy atom. The highest BCUT2D eigenvalue weighted by Gasteiger charge is 2.24. The molecule has 1 saturated heterocycles. The van der Waals surface area contributed by atoms with Crippen molar-refractivity contribution in [1.29, 1.82) is 0 Å². The molecule has 1 aromatic rings. The lowest BCUT2D eigenvalue weighted by molar-refractivity contribution is 0.192. The molecule has 0 amide bonds. The molecule has 1 heterocycles. The number of aliphatic imine (C=N–C) groups is 1. The van der Waals surface area contributed by atoms with Crippen LogP contribution < -0.4 is 10.6 Å². The Morgan fingerprint density at radius 2 is 1.83 bits per heavy atom. The first-order chi connectivity index (χ1) is 11.2. The molecule has 4 heteroatoms. The maximum Gasteiger partial charge on any atom is 0.191 e. The number of hydrogen-bond donors (Lipinski definition) is 2. The SMILES string of the molecule is CCNC(=NCc1ccccc1)NCC(C(C)C)N1CCCC1. The zero-order valence-electron chi connectivity index (χ0n) is 14.9. The summed E-state index contributed by atoms with van der Waals surface area (Å²) in [5.74, 6) is 1.57. The van der Waals surface area contributed by atoms with Gasteiger partial charge in [0.2, 0.25) is 0 Å². The Kier molecular flexibility index (Phi) is 7.40. The largest absolute Gasteiger partial charge is 0.357 e. The van der Waals surface area contributed by atoms with E-state index < -0.39 is 0 Å². The van der Waals surface area contributed by atoms with Crippen LogP contribution in [0.4, 0.5) is 0 Å². The van der Waals surface area contributed by atoms with Crippen molar-refractivity contribution in [2.75, 3.05) is 26.2 Å². The molecule has 1 fully saturated rings. The van der Waals surface area contributed by atoms with Gasteiger partial charge in [-0.05, 0) is 44.3 Å². The molecule has 0 spiro atoms. The summed E-state index contributed by atoms with van der Waals surface area (Å²) in [7, 11) is 0. The molecule has 0 radical (unpaired) electrons. The van der Waals surface area contributed by atoms with Crippen LogP contribution in [-0.2, 0) is 6.54 Å². The summed E-state index contributed by atoms with van der Waals surface area (Å²) in [6.45, 7) is 11.8. The van der Waals surface area contributed by atoms with Crippen LogP contribution in [0.1, 0.15) is 39.2 Å². The van der Waals surface area contributed by atoms with Crippen LogP contribution in [0, 0.1) is 5.92 Å². The molecular formula is C19H32N4. The first-order valence-corrected chi connectivity index (χ1v) is 9.01. The molecule has 23 heavy (non-hydrogen) atoms. The Balaban J connectivity index is 1.92. The lowest BCUT2D eigenvalue weighted by Crippen LogP contribution is -2.48. The third kappa shape index (κ3) is 5.87. The van der Waals surface area contributed by atoms with Crippen LogP contribution in [0.3, 0.4) is 0 Å². The summed E-state index contributed by atoms with van der Waals surface area (Å²) >= 11 is 0. The normalized spacial score (nSPS) is 17.5. The average molecular weight is 316 g/mol. The smallest absolute Gasteiger partial charge is 0.191 e. The van der Waals surface area contributed by atoms with E-state index in [1.807, 2.05) is 6.07 Å². The van der Waals surface area contributed by atoms with E-state index in [1.54, 1.807) is 0 Å². The van der Waals surface area contributed by atoms with E-state index in [-0.39, 0.29) is 0 Å². The molecule has 0 bridgehead atoms. The highest BCUT2D eigenvalue weighted by molar-refractivity contribution is 5.79. The van der Waals surface area contributed by atoms with Gasteiger partial charge in [-0.3, -0.25) is 4.90 Å².